The van der Waals surface area contributed by atoms with Crippen LogP contribution in [0.3, 0.4) is 0 Å². The number of quaternary nitrogens is 1. The third-order valence-electron chi connectivity index (χ3n) is 3.93. The van der Waals surface area contributed by atoms with Gasteiger partial charge in [0.2, 0.25) is 0 Å². The third kappa shape index (κ3) is 4.29. The predicted molar refractivity (Wildman–Crippen MR) is 90.4 cm³/mol. The average Bonchev–Trinajstić information content (AvgIpc) is 3.31. The van der Waals surface area contributed by atoms with Crippen LogP contribution in [-0.2, 0) is 9.59 Å². The number of likely N-dealkylation sites (N-methyl/N-ethyl adjacent to an activating group) is 1. The van der Waals surface area contributed by atoms with Gasteiger partial charge >= 0.3 is 0 Å². The van der Waals surface area contributed by atoms with Crippen molar-refractivity contribution in [3.8, 4) is 0 Å². The average molecular weight is 312 g/mol. The van der Waals surface area contributed by atoms with Crippen molar-refractivity contribution in [3.05, 3.63) is 42.5 Å². The molecule has 0 bridgehead atoms. The Hall–Kier alpha value is -2.40. The summed E-state index contributed by atoms with van der Waals surface area (Å²) in [4.78, 5) is 24.8. The zero-order valence-electron chi connectivity index (χ0n) is 13.3. The molecule has 5 nitrogen and oxygen atoms in total. The van der Waals surface area contributed by atoms with Gasteiger partial charge in [-0.2, -0.15) is 0 Å². The lowest BCUT2D eigenvalue weighted by molar-refractivity contribution is -0.862. The van der Waals surface area contributed by atoms with Gasteiger partial charge in [0.25, 0.3) is 11.8 Å². The van der Waals surface area contributed by atoms with Crippen molar-refractivity contribution >= 4 is 28.3 Å². The van der Waals surface area contributed by atoms with E-state index in [0.29, 0.717) is 12.6 Å². The van der Waals surface area contributed by atoms with Crippen LogP contribution in [0.15, 0.2) is 42.5 Å². The van der Waals surface area contributed by atoms with E-state index in [1.807, 2.05) is 49.5 Å². The smallest absolute Gasteiger partial charge is 0.279 e. The lowest BCUT2D eigenvalue weighted by atomic mass is 10.1. The highest BCUT2D eigenvalue weighted by atomic mass is 16.2. The summed E-state index contributed by atoms with van der Waals surface area (Å²) in [5.74, 6) is -0.0685. The number of benzene rings is 2. The molecule has 1 aliphatic rings. The monoisotopic (exact) mass is 312 g/mol. The maximum absolute atomic E-state index is 12.2. The van der Waals surface area contributed by atoms with Gasteiger partial charge < -0.3 is 15.5 Å². The molecule has 120 valence electrons. The van der Waals surface area contributed by atoms with Crippen molar-refractivity contribution in [1.82, 2.24) is 5.32 Å². The standard InChI is InChI=1S/C18H21N3O2/c1-21(11-17(22)19-14-9-10-14)12-18(23)20-16-8-4-6-13-5-2-3-7-15(13)16/h2-8,14H,9-12H2,1H3,(H,19,22)(H,20,23)/p+1. The molecule has 0 spiro atoms. The predicted octanol–water partition coefficient (Wildman–Crippen LogP) is 0.572. The van der Waals surface area contributed by atoms with Gasteiger partial charge in [-0.15, -0.1) is 0 Å². The number of anilines is 1. The topological polar surface area (TPSA) is 62.6 Å². The first-order valence-electron chi connectivity index (χ1n) is 8.00. The maximum Gasteiger partial charge on any atom is 0.279 e. The molecule has 0 saturated heterocycles. The first kappa shape index (κ1) is 15.5. The Morgan fingerprint density at radius 3 is 2.52 bits per heavy atom. The number of carbonyl (C=O) groups is 2. The molecule has 1 fully saturated rings. The van der Waals surface area contributed by atoms with Crippen molar-refractivity contribution in [1.29, 1.82) is 0 Å². The molecule has 2 amide bonds. The largest absolute Gasteiger partial charge is 0.348 e. The van der Waals surface area contributed by atoms with Crippen LogP contribution in [0, 0.1) is 0 Å². The first-order valence-corrected chi connectivity index (χ1v) is 8.00. The van der Waals surface area contributed by atoms with Gasteiger partial charge in [0.05, 0.1) is 7.05 Å². The summed E-state index contributed by atoms with van der Waals surface area (Å²) in [6, 6.07) is 14.1. The second kappa shape index (κ2) is 6.79. The molecular formula is C18H22N3O2+. The molecule has 0 aromatic heterocycles. The summed E-state index contributed by atoms with van der Waals surface area (Å²) in [6.45, 7) is 0.584. The molecule has 2 aromatic rings. The Morgan fingerprint density at radius 2 is 1.74 bits per heavy atom. The van der Waals surface area contributed by atoms with E-state index in [1.54, 1.807) is 0 Å². The maximum atomic E-state index is 12.2. The second-order valence-corrected chi connectivity index (χ2v) is 6.23. The molecule has 23 heavy (non-hydrogen) atoms. The zero-order valence-corrected chi connectivity index (χ0v) is 13.3. The van der Waals surface area contributed by atoms with E-state index in [0.717, 1.165) is 34.2 Å². The van der Waals surface area contributed by atoms with Crippen molar-refractivity contribution < 1.29 is 14.5 Å². The van der Waals surface area contributed by atoms with Gasteiger partial charge in [-0.25, -0.2) is 0 Å². The van der Waals surface area contributed by atoms with Crippen LogP contribution < -0.4 is 15.5 Å². The molecule has 1 saturated carbocycles. The van der Waals surface area contributed by atoms with Crippen LogP contribution in [0.4, 0.5) is 5.69 Å². The van der Waals surface area contributed by atoms with Gasteiger partial charge in [-0.3, -0.25) is 9.59 Å². The molecule has 0 radical (unpaired) electrons. The fourth-order valence-electron chi connectivity index (χ4n) is 2.65. The number of fused-ring (bicyclic) bond motifs is 1. The van der Waals surface area contributed by atoms with Gasteiger partial charge in [-0.1, -0.05) is 36.4 Å². The highest BCUT2D eigenvalue weighted by molar-refractivity contribution is 6.02. The Balaban J connectivity index is 1.56. The van der Waals surface area contributed by atoms with Crippen molar-refractivity contribution in [2.75, 3.05) is 25.5 Å². The highest BCUT2D eigenvalue weighted by Gasteiger charge is 2.24. The van der Waals surface area contributed by atoms with Gasteiger partial charge in [0, 0.05) is 17.1 Å². The van der Waals surface area contributed by atoms with E-state index in [-0.39, 0.29) is 18.4 Å². The van der Waals surface area contributed by atoms with Crippen LogP contribution in [0.1, 0.15) is 12.8 Å². The minimum Gasteiger partial charge on any atom is -0.348 e. The van der Waals surface area contributed by atoms with Crippen molar-refractivity contribution in [3.63, 3.8) is 0 Å². The molecule has 1 atom stereocenters. The summed E-state index contributed by atoms with van der Waals surface area (Å²) >= 11 is 0. The number of nitrogens with one attached hydrogen (secondary N) is 3. The minimum atomic E-state index is -0.0851. The number of hydrogen-bond acceptors (Lipinski definition) is 2. The summed E-state index contributed by atoms with van der Waals surface area (Å²) in [5.41, 5.74) is 0.809. The van der Waals surface area contributed by atoms with Gasteiger partial charge in [-0.05, 0) is 24.3 Å². The zero-order chi connectivity index (χ0) is 16.2. The Morgan fingerprint density at radius 1 is 1.04 bits per heavy atom. The number of carbonyl (C=O) groups excluding carboxylic acids is 2. The molecular weight excluding hydrogens is 290 g/mol. The van der Waals surface area contributed by atoms with E-state index in [9.17, 15) is 9.59 Å². The number of hydrogen-bond donors (Lipinski definition) is 3. The van der Waals surface area contributed by atoms with Crippen molar-refractivity contribution in [2.24, 2.45) is 0 Å². The summed E-state index contributed by atoms with van der Waals surface area (Å²) in [5, 5.41) is 8.00. The van der Waals surface area contributed by atoms with Crippen molar-refractivity contribution in [2.45, 2.75) is 18.9 Å². The molecule has 5 heteroatoms. The lowest BCUT2D eigenvalue weighted by Crippen LogP contribution is -3.11. The van der Waals surface area contributed by atoms with E-state index in [1.165, 1.54) is 0 Å². The van der Waals surface area contributed by atoms with E-state index in [2.05, 4.69) is 10.6 Å². The SMILES string of the molecule is C[NH+](CC(=O)Nc1cccc2ccccc12)CC(=O)NC1CC1. The van der Waals surface area contributed by atoms with Gasteiger partial charge in [0.1, 0.15) is 0 Å². The van der Waals surface area contributed by atoms with E-state index < -0.39 is 0 Å². The van der Waals surface area contributed by atoms with E-state index >= 15 is 0 Å². The number of amides is 2. The van der Waals surface area contributed by atoms with Gasteiger partial charge in [0.15, 0.2) is 13.1 Å². The molecule has 1 aliphatic carbocycles. The molecule has 3 rings (SSSR count). The third-order valence-corrected chi connectivity index (χ3v) is 3.93. The minimum absolute atomic E-state index is 0.0166. The molecule has 0 heterocycles. The van der Waals surface area contributed by atoms with Crippen LogP contribution in [0.25, 0.3) is 10.8 Å². The molecule has 0 aliphatic heterocycles. The van der Waals surface area contributed by atoms with Crippen LogP contribution in [0.5, 0.6) is 0 Å². The van der Waals surface area contributed by atoms with Crippen LogP contribution in [0.2, 0.25) is 0 Å². The summed E-state index contributed by atoms with van der Waals surface area (Å²) in [7, 11) is 1.86. The molecule has 1 unspecified atom stereocenters. The van der Waals surface area contributed by atoms with E-state index in [4.69, 9.17) is 0 Å². The molecule has 3 N–H and O–H groups in total. The second-order valence-electron chi connectivity index (χ2n) is 6.23. The quantitative estimate of drug-likeness (QED) is 0.730. The fraction of sp³-hybridized carbons (Fsp3) is 0.333. The lowest BCUT2D eigenvalue weighted by Gasteiger charge is -2.14. The highest BCUT2D eigenvalue weighted by Crippen LogP contribution is 2.22. The Kier molecular flexibility index (Phi) is 4.57. The summed E-state index contributed by atoms with van der Waals surface area (Å²) in [6.07, 6.45) is 2.15. The summed E-state index contributed by atoms with van der Waals surface area (Å²) < 4.78 is 0. The molecule has 2 aromatic carbocycles. The first-order chi connectivity index (χ1) is 11.1. The fourth-order valence-corrected chi connectivity index (χ4v) is 2.65. The Labute approximate surface area is 135 Å². The normalized spacial score (nSPS) is 15.2. The number of rotatable bonds is 6. The van der Waals surface area contributed by atoms with Crippen LogP contribution in [-0.4, -0.2) is 38.0 Å². The van der Waals surface area contributed by atoms with Crippen LogP contribution >= 0.6 is 0 Å². The Bertz CT molecular complexity index is 720.